The van der Waals surface area contributed by atoms with Gasteiger partial charge in [-0.1, -0.05) is 34.1 Å². The Morgan fingerprint density at radius 1 is 1.20 bits per heavy atom. The van der Waals surface area contributed by atoms with Gasteiger partial charge in [0.2, 0.25) is 0 Å². The maximum absolute atomic E-state index is 12.2. The van der Waals surface area contributed by atoms with E-state index in [2.05, 4.69) is 26.3 Å². The summed E-state index contributed by atoms with van der Waals surface area (Å²) in [5, 5.41) is 7.18. The third-order valence-electron chi connectivity index (χ3n) is 3.62. The fourth-order valence-corrected chi connectivity index (χ4v) is 2.54. The normalized spacial score (nSPS) is 11.8. The van der Waals surface area contributed by atoms with Gasteiger partial charge in [-0.2, -0.15) is 5.10 Å². The third-order valence-corrected chi connectivity index (χ3v) is 4.15. The highest BCUT2D eigenvalue weighted by Crippen LogP contribution is 2.17. The van der Waals surface area contributed by atoms with Crippen molar-refractivity contribution in [3.05, 3.63) is 77.0 Å². The molecule has 0 saturated heterocycles. The van der Waals surface area contributed by atoms with E-state index in [1.165, 1.54) is 0 Å². The molecule has 0 radical (unpaired) electrons. The van der Waals surface area contributed by atoms with Crippen LogP contribution >= 0.6 is 15.9 Å². The number of aromatic nitrogens is 2. The van der Waals surface area contributed by atoms with Gasteiger partial charge >= 0.3 is 0 Å². The number of rotatable bonds is 6. The summed E-state index contributed by atoms with van der Waals surface area (Å²) in [6.07, 6.45) is 3.06. The second-order valence-electron chi connectivity index (χ2n) is 5.56. The second kappa shape index (κ2) is 7.98. The molecule has 0 aliphatic carbocycles. The number of nitrogens with one attached hydrogen (secondary N) is 1. The van der Waals surface area contributed by atoms with Gasteiger partial charge in [0.05, 0.1) is 11.9 Å². The van der Waals surface area contributed by atoms with Gasteiger partial charge < -0.3 is 10.1 Å². The minimum atomic E-state index is -0.578. The molecular formula is C19H18BrN3O2. The van der Waals surface area contributed by atoms with Crippen LogP contribution in [0, 0.1) is 0 Å². The number of benzene rings is 2. The largest absolute Gasteiger partial charge is 0.481 e. The third kappa shape index (κ3) is 4.70. The molecule has 1 unspecified atom stereocenters. The Labute approximate surface area is 154 Å². The van der Waals surface area contributed by atoms with Crippen molar-refractivity contribution in [1.82, 2.24) is 15.1 Å². The summed E-state index contributed by atoms with van der Waals surface area (Å²) in [5.74, 6) is 0.484. The molecule has 5 nitrogen and oxygen atoms in total. The topological polar surface area (TPSA) is 56.1 Å². The standard InChI is InChI=1S/C19H18BrN3O2/c1-14(25-18-9-7-16(20)8-10-18)19(24)21-11-15-12-22-23(13-15)17-5-3-2-4-6-17/h2-10,12-14H,11H2,1H3,(H,21,24). The van der Waals surface area contributed by atoms with Gasteiger partial charge in [-0.15, -0.1) is 0 Å². The number of halogens is 1. The first-order valence-electron chi connectivity index (χ1n) is 7.91. The van der Waals surface area contributed by atoms with Crippen molar-refractivity contribution in [3.63, 3.8) is 0 Å². The van der Waals surface area contributed by atoms with Crippen molar-refractivity contribution in [3.8, 4) is 11.4 Å². The zero-order valence-corrected chi connectivity index (χ0v) is 15.3. The molecule has 3 rings (SSSR count). The average Bonchev–Trinajstić information content (AvgIpc) is 3.11. The number of hydrogen-bond donors (Lipinski definition) is 1. The lowest BCUT2D eigenvalue weighted by molar-refractivity contribution is -0.127. The van der Waals surface area contributed by atoms with Gasteiger partial charge in [-0.05, 0) is 43.3 Å². The van der Waals surface area contributed by atoms with Gasteiger partial charge in [-0.3, -0.25) is 4.79 Å². The van der Waals surface area contributed by atoms with Gasteiger partial charge in [0.25, 0.3) is 5.91 Å². The van der Waals surface area contributed by atoms with Gasteiger partial charge in [0.15, 0.2) is 6.10 Å². The Balaban J connectivity index is 1.53. The first-order valence-corrected chi connectivity index (χ1v) is 8.70. The Kier molecular flexibility index (Phi) is 5.50. The van der Waals surface area contributed by atoms with Crippen LogP contribution < -0.4 is 10.1 Å². The number of para-hydroxylation sites is 1. The number of hydrogen-bond acceptors (Lipinski definition) is 3. The molecule has 1 heterocycles. The molecule has 1 atom stereocenters. The number of amides is 1. The van der Waals surface area contributed by atoms with Crippen molar-refractivity contribution in [2.45, 2.75) is 19.6 Å². The predicted octanol–water partition coefficient (Wildman–Crippen LogP) is 3.72. The van der Waals surface area contributed by atoms with Gasteiger partial charge in [-0.25, -0.2) is 4.68 Å². The van der Waals surface area contributed by atoms with E-state index >= 15 is 0 Å². The SMILES string of the molecule is CC(Oc1ccc(Br)cc1)C(=O)NCc1cnn(-c2ccccc2)c1. The van der Waals surface area contributed by atoms with Crippen LogP contribution in [0.5, 0.6) is 5.75 Å². The average molecular weight is 400 g/mol. The molecule has 2 aromatic carbocycles. The van der Waals surface area contributed by atoms with E-state index in [4.69, 9.17) is 4.74 Å². The van der Waals surface area contributed by atoms with Crippen molar-refractivity contribution in [2.75, 3.05) is 0 Å². The molecule has 1 N–H and O–H groups in total. The lowest BCUT2D eigenvalue weighted by Crippen LogP contribution is -2.35. The van der Waals surface area contributed by atoms with Crippen LogP contribution in [0.4, 0.5) is 0 Å². The van der Waals surface area contributed by atoms with Crippen LogP contribution in [-0.4, -0.2) is 21.8 Å². The molecule has 0 aliphatic heterocycles. The van der Waals surface area contributed by atoms with Crippen LogP contribution in [0.1, 0.15) is 12.5 Å². The molecular weight excluding hydrogens is 382 g/mol. The Morgan fingerprint density at radius 3 is 2.64 bits per heavy atom. The summed E-state index contributed by atoms with van der Waals surface area (Å²) >= 11 is 3.37. The molecule has 6 heteroatoms. The molecule has 128 valence electrons. The molecule has 0 saturated carbocycles. The zero-order chi connectivity index (χ0) is 17.6. The van der Waals surface area contributed by atoms with Crippen molar-refractivity contribution in [2.24, 2.45) is 0 Å². The summed E-state index contributed by atoms with van der Waals surface area (Å²) in [6.45, 7) is 2.13. The number of carbonyl (C=O) groups excluding carboxylic acids is 1. The molecule has 0 bridgehead atoms. The predicted molar refractivity (Wildman–Crippen MR) is 99.6 cm³/mol. The molecule has 0 aliphatic rings. The van der Waals surface area contributed by atoms with E-state index in [9.17, 15) is 4.79 Å². The number of carbonyl (C=O) groups is 1. The Hall–Kier alpha value is -2.60. The smallest absolute Gasteiger partial charge is 0.261 e. The molecule has 1 aromatic heterocycles. The van der Waals surface area contributed by atoms with E-state index in [0.29, 0.717) is 12.3 Å². The van der Waals surface area contributed by atoms with Crippen LogP contribution in [0.25, 0.3) is 5.69 Å². The second-order valence-corrected chi connectivity index (χ2v) is 6.48. The fraction of sp³-hybridized carbons (Fsp3) is 0.158. The van der Waals surface area contributed by atoms with Crippen LogP contribution in [0.2, 0.25) is 0 Å². The molecule has 3 aromatic rings. The van der Waals surface area contributed by atoms with E-state index in [-0.39, 0.29) is 5.91 Å². The summed E-state index contributed by atoms with van der Waals surface area (Å²) in [6, 6.07) is 17.2. The van der Waals surface area contributed by atoms with E-state index < -0.39 is 6.10 Å². The highest BCUT2D eigenvalue weighted by molar-refractivity contribution is 9.10. The van der Waals surface area contributed by atoms with Crippen molar-refractivity contribution < 1.29 is 9.53 Å². The minimum absolute atomic E-state index is 0.171. The van der Waals surface area contributed by atoms with Gasteiger partial charge in [0, 0.05) is 22.8 Å². The zero-order valence-electron chi connectivity index (χ0n) is 13.7. The van der Waals surface area contributed by atoms with E-state index in [0.717, 1.165) is 15.7 Å². The number of nitrogens with zero attached hydrogens (tertiary/aromatic N) is 2. The summed E-state index contributed by atoms with van der Waals surface area (Å²) in [5.41, 5.74) is 1.90. The lowest BCUT2D eigenvalue weighted by Gasteiger charge is -2.14. The summed E-state index contributed by atoms with van der Waals surface area (Å²) < 4.78 is 8.39. The van der Waals surface area contributed by atoms with Crippen molar-refractivity contribution in [1.29, 1.82) is 0 Å². The van der Waals surface area contributed by atoms with Crippen LogP contribution in [0.3, 0.4) is 0 Å². The first-order chi connectivity index (χ1) is 12.1. The minimum Gasteiger partial charge on any atom is -0.481 e. The van der Waals surface area contributed by atoms with Crippen LogP contribution in [-0.2, 0) is 11.3 Å². The van der Waals surface area contributed by atoms with E-state index in [1.54, 1.807) is 17.8 Å². The maximum Gasteiger partial charge on any atom is 0.261 e. The summed E-state index contributed by atoms with van der Waals surface area (Å²) in [4.78, 5) is 12.2. The first kappa shape index (κ1) is 17.2. The fourth-order valence-electron chi connectivity index (χ4n) is 2.28. The molecule has 25 heavy (non-hydrogen) atoms. The van der Waals surface area contributed by atoms with Crippen molar-refractivity contribution >= 4 is 21.8 Å². The molecule has 0 spiro atoms. The molecule has 0 fully saturated rings. The Morgan fingerprint density at radius 2 is 1.92 bits per heavy atom. The Bertz CT molecular complexity index is 831. The van der Waals surface area contributed by atoms with Crippen LogP contribution in [0.15, 0.2) is 71.5 Å². The lowest BCUT2D eigenvalue weighted by atomic mass is 10.3. The maximum atomic E-state index is 12.2. The summed E-state index contributed by atoms with van der Waals surface area (Å²) in [7, 11) is 0. The molecule has 1 amide bonds. The van der Waals surface area contributed by atoms with E-state index in [1.807, 2.05) is 60.8 Å². The highest BCUT2D eigenvalue weighted by Gasteiger charge is 2.14. The van der Waals surface area contributed by atoms with Gasteiger partial charge in [0.1, 0.15) is 5.75 Å². The highest BCUT2D eigenvalue weighted by atomic mass is 79.9. The quantitative estimate of drug-likeness (QED) is 0.686. The monoisotopic (exact) mass is 399 g/mol. The number of ether oxygens (including phenoxy) is 1.